The first kappa shape index (κ1) is 9.65. The summed E-state index contributed by atoms with van der Waals surface area (Å²) in [4.78, 5) is 3.91. The molecular weight excluding hydrogens is 218 g/mol. The number of hydrogen-bond donors (Lipinski definition) is 1. The van der Waals surface area contributed by atoms with Gasteiger partial charge in [0.1, 0.15) is 10.3 Å². The van der Waals surface area contributed by atoms with E-state index in [0.29, 0.717) is 11.5 Å². The van der Waals surface area contributed by atoms with Crippen LogP contribution in [0.2, 0.25) is 0 Å². The smallest absolute Gasteiger partial charge is 0.127 e. The van der Waals surface area contributed by atoms with Crippen molar-refractivity contribution in [2.24, 2.45) is 0 Å². The van der Waals surface area contributed by atoms with Crippen molar-refractivity contribution >= 4 is 45.7 Å². The van der Waals surface area contributed by atoms with E-state index in [9.17, 15) is 0 Å². The molecule has 0 aromatic carbocycles. The van der Waals surface area contributed by atoms with Gasteiger partial charge in [0.25, 0.3) is 0 Å². The van der Waals surface area contributed by atoms with E-state index in [1.54, 1.807) is 18.2 Å². The first-order chi connectivity index (χ1) is 5.61. The summed E-state index contributed by atoms with van der Waals surface area (Å²) in [6, 6.07) is 5.04. The summed E-state index contributed by atoms with van der Waals surface area (Å²) in [5.74, 6) is 0.375. The lowest BCUT2D eigenvalue weighted by molar-refractivity contribution is 1.30. The molecule has 1 rings (SSSR count). The van der Waals surface area contributed by atoms with Crippen LogP contribution in [0.25, 0.3) is 5.03 Å². The predicted octanol–water partition coefficient (Wildman–Crippen LogP) is 3.01. The number of halogens is 3. The zero-order chi connectivity index (χ0) is 9.14. The minimum atomic E-state index is -0.0187. The van der Waals surface area contributed by atoms with Crippen LogP contribution in [0.15, 0.2) is 22.7 Å². The van der Waals surface area contributed by atoms with E-state index in [-0.39, 0.29) is 9.52 Å². The lowest BCUT2D eigenvalue weighted by Crippen LogP contribution is -1.92. The molecule has 64 valence electrons. The second-order valence-electron chi connectivity index (χ2n) is 2.02. The summed E-state index contributed by atoms with van der Waals surface area (Å²) >= 11 is 16.6. The molecule has 0 spiro atoms. The van der Waals surface area contributed by atoms with E-state index in [2.05, 4.69) is 4.98 Å². The second-order valence-corrected chi connectivity index (χ2v) is 3.35. The van der Waals surface area contributed by atoms with Gasteiger partial charge >= 0.3 is 0 Å². The van der Waals surface area contributed by atoms with E-state index >= 15 is 0 Å². The Labute approximate surface area is 84.9 Å². The maximum absolute atomic E-state index is 5.71. The number of anilines is 1. The molecule has 0 radical (unpaired) electrons. The van der Waals surface area contributed by atoms with Crippen molar-refractivity contribution in [3.05, 3.63) is 28.4 Å². The van der Waals surface area contributed by atoms with E-state index in [1.807, 2.05) is 0 Å². The van der Waals surface area contributed by atoms with Gasteiger partial charge in [0.05, 0.1) is 10.7 Å². The van der Waals surface area contributed by atoms with Crippen LogP contribution in [-0.4, -0.2) is 4.98 Å². The molecule has 0 aliphatic heterocycles. The number of nitrogens with two attached hydrogens (primary N) is 1. The number of nitrogens with zero attached hydrogens (tertiary/aromatic N) is 1. The van der Waals surface area contributed by atoms with E-state index in [1.165, 1.54) is 0 Å². The van der Waals surface area contributed by atoms with Crippen LogP contribution in [0, 0.1) is 0 Å². The third kappa shape index (κ3) is 2.27. The Balaban J connectivity index is 3.13. The number of pyridine rings is 1. The summed E-state index contributed by atoms with van der Waals surface area (Å²) in [5.41, 5.74) is 5.89. The quantitative estimate of drug-likeness (QED) is 0.795. The van der Waals surface area contributed by atoms with Crippen molar-refractivity contribution < 1.29 is 0 Å². The van der Waals surface area contributed by atoms with Crippen LogP contribution >= 0.6 is 34.8 Å². The molecule has 1 heterocycles. The molecule has 1 aromatic heterocycles. The number of rotatable bonds is 1. The van der Waals surface area contributed by atoms with Gasteiger partial charge in [0, 0.05) is 0 Å². The molecule has 1 aromatic rings. The predicted molar refractivity (Wildman–Crippen MR) is 53.1 cm³/mol. The van der Waals surface area contributed by atoms with E-state index in [4.69, 9.17) is 40.5 Å². The fraction of sp³-hybridized carbons (Fsp3) is 0. The Morgan fingerprint density at radius 3 is 2.42 bits per heavy atom. The van der Waals surface area contributed by atoms with Crippen molar-refractivity contribution in [1.82, 2.24) is 4.98 Å². The average Bonchev–Trinajstić information content (AvgIpc) is 2.03. The van der Waals surface area contributed by atoms with Gasteiger partial charge in [0.2, 0.25) is 0 Å². The average molecular weight is 223 g/mol. The van der Waals surface area contributed by atoms with Crippen LogP contribution < -0.4 is 5.73 Å². The normalized spacial score (nSPS) is 9.58. The second kappa shape index (κ2) is 3.99. The van der Waals surface area contributed by atoms with Gasteiger partial charge in [-0.2, -0.15) is 0 Å². The Morgan fingerprint density at radius 2 is 1.92 bits per heavy atom. The molecule has 12 heavy (non-hydrogen) atoms. The number of nitrogen functional groups attached to an aromatic ring is 1. The Morgan fingerprint density at radius 1 is 1.25 bits per heavy atom. The van der Waals surface area contributed by atoms with E-state index < -0.39 is 0 Å². The minimum Gasteiger partial charge on any atom is -0.384 e. The highest BCUT2D eigenvalue weighted by Gasteiger charge is 2.03. The van der Waals surface area contributed by atoms with Crippen LogP contribution in [0.1, 0.15) is 5.69 Å². The molecule has 0 aliphatic rings. The fourth-order valence-electron chi connectivity index (χ4n) is 0.671. The van der Waals surface area contributed by atoms with Gasteiger partial charge in [-0.3, -0.25) is 0 Å². The van der Waals surface area contributed by atoms with Crippen LogP contribution in [0.3, 0.4) is 0 Å². The maximum atomic E-state index is 5.71. The maximum Gasteiger partial charge on any atom is 0.127 e. The topological polar surface area (TPSA) is 38.9 Å². The van der Waals surface area contributed by atoms with Crippen LogP contribution in [0.5, 0.6) is 0 Å². The van der Waals surface area contributed by atoms with Gasteiger partial charge in [-0.25, -0.2) is 4.98 Å². The van der Waals surface area contributed by atoms with Crippen molar-refractivity contribution in [2.75, 3.05) is 5.73 Å². The highest BCUT2D eigenvalue weighted by atomic mass is 35.5. The zero-order valence-electron chi connectivity index (χ0n) is 5.89. The van der Waals surface area contributed by atoms with Crippen LogP contribution in [0.4, 0.5) is 5.82 Å². The molecule has 2 nitrogen and oxygen atoms in total. The van der Waals surface area contributed by atoms with Gasteiger partial charge < -0.3 is 5.73 Å². The van der Waals surface area contributed by atoms with Gasteiger partial charge in [0.15, 0.2) is 0 Å². The molecule has 0 bridgehead atoms. The summed E-state index contributed by atoms with van der Waals surface area (Å²) in [6.45, 7) is 0. The van der Waals surface area contributed by atoms with Crippen molar-refractivity contribution in [2.45, 2.75) is 0 Å². The summed E-state index contributed by atoms with van der Waals surface area (Å²) in [6.07, 6.45) is 0. The highest BCUT2D eigenvalue weighted by molar-refractivity contribution is 6.66. The summed E-state index contributed by atoms with van der Waals surface area (Å²) < 4.78 is -0.0187. The highest BCUT2D eigenvalue weighted by Crippen LogP contribution is 2.26. The SMILES string of the molecule is Nc1cccc(C(Cl)=C(Cl)Cl)n1. The number of hydrogen-bond acceptors (Lipinski definition) is 2. The molecule has 5 heteroatoms. The van der Waals surface area contributed by atoms with Crippen molar-refractivity contribution in [3.63, 3.8) is 0 Å². The molecule has 0 fully saturated rings. The lowest BCUT2D eigenvalue weighted by atomic mass is 10.3. The monoisotopic (exact) mass is 222 g/mol. The Hall–Kier alpha value is -0.440. The third-order valence-electron chi connectivity index (χ3n) is 1.16. The van der Waals surface area contributed by atoms with E-state index in [0.717, 1.165) is 0 Å². The van der Waals surface area contributed by atoms with Gasteiger partial charge in [-0.15, -0.1) is 0 Å². The lowest BCUT2D eigenvalue weighted by Gasteiger charge is -1.98. The molecular formula is C7H5Cl3N2. The zero-order valence-corrected chi connectivity index (χ0v) is 8.16. The Kier molecular flexibility index (Phi) is 3.20. The van der Waals surface area contributed by atoms with Gasteiger partial charge in [-0.05, 0) is 12.1 Å². The first-order valence-electron chi connectivity index (χ1n) is 3.05. The molecule has 2 N–H and O–H groups in total. The van der Waals surface area contributed by atoms with Crippen molar-refractivity contribution in [1.29, 1.82) is 0 Å². The standard InChI is InChI=1S/C7H5Cl3N2/c8-6(7(9)10)4-2-1-3-5(11)12-4/h1-3H,(H2,11,12). The molecule has 0 saturated heterocycles. The minimum absolute atomic E-state index is 0.0187. The molecule has 0 atom stereocenters. The van der Waals surface area contributed by atoms with Gasteiger partial charge in [-0.1, -0.05) is 40.9 Å². The Bertz CT molecular complexity index is 318. The van der Waals surface area contributed by atoms with Crippen LogP contribution in [-0.2, 0) is 0 Å². The third-order valence-corrected chi connectivity index (χ3v) is 2.12. The molecule has 0 saturated carbocycles. The molecule has 0 unspecified atom stereocenters. The first-order valence-corrected chi connectivity index (χ1v) is 4.18. The summed E-state index contributed by atoms with van der Waals surface area (Å²) in [5, 5.41) is 0.200. The number of aromatic nitrogens is 1. The summed E-state index contributed by atoms with van der Waals surface area (Å²) in [7, 11) is 0. The molecule has 0 aliphatic carbocycles. The van der Waals surface area contributed by atoms with Crippen molar-refractivity contribution in [3.8, 4) is 0 Å². The fourth-order valence-corrected chi connectivity index (χ4v) is 0.969. The largest absolute Gasteiger partial charge is 0.384 e. The molecule has 0 amide bonds.